The molecule has 1 aromatic heterocycles. The van der Waals surface area contributed by atoms with Gasteiger partial charge in [-0.15, -0.1) is 0 Å². The second-order valence-corrected chi connectivity index (χ2v) is 10.7. The van der Waals surface area contributed by atoms with E-state index in [9.17, 15) is 8.42 Å². The Morgan fingerprint density at radius 3 is 2.59 bits per heavy atom. The Labute approximate surface area is 162 Å². The van der Waals surface area contributed by atoms with Crippen molar-refractivity contribution in [3.8, 4) is 0 Å². The summed E-state index contributed by atoms with van der Waals surface area (Å²) in [7, 11) is -3.40. The largest absolute Gasteiger partial charge is 0.317 e. The lowest BCUT2D eigenvalue weighted by Gasteiger charge is -2.27. The SMILES string of the molecule is CC(C)S(=O)(=O)c1ncc(CN2C[C@@H]3CC[C@@H]2C3)n1CCc1ccccc1. The van der Waals surface area contributed by atoms with Gasteiger partial charge in [0.2, 0.25) is 15.0 Å². The van der Waals surface area contributed by atoms with Crippen LogP contribution < -0.4 is 0 Å². The molecule has 146 valence electrons. The molecule has 1 saturated heterocycles. The fraction of sp³-hybridized carbons (Fsp3) is 0.571. The van der Waals surface area contributed by atoms with Gasteiger partial charge in [-0.1, -0.05) is 30.3 Å². The van der Waals surface area contributed by atoms with Crippen molar-refractivity contribution in [3.63, 3.8) is 0 Å². The third-order valence-electron chi connectivity index (χ3n) is 6.13. The zero-order chi connectivity index (χ0) is 19.0. The molecule has 2 bridgehead atoms. The van der Waals surface area contributed by atoms with Gasteiger partial charge in [0, 0.05) is 25.7 Å². The van der Waals surface area contributed by atoms with Crippen LogP contribution in [0.15, 0.2) is 41.7 Å². The van der Waals surface area contributed by atoms with Crippen molar-refractivity contribution >= 4 is 9.84 Å². The van der Waals surface area contributed by atoms with E-state index >= 15 is 0 Å². The Morgan fingerprint density at radius 1 is 1.19 bits per heavy atom. The number of hydrogen-bond donors (Lipinski definition) is 0. The number of aromatic nitrogens is 2. The molecule has 2 heterocycles. The van der Waals surface area contributed by atoms with Gasteiger partial charge >= 0.3 is 0 Å². The number of hydrogen-bond acceptors (Lipinski definition) is 4. The molecular formula is C21H29N3O2S. The van der Waals surface area contributed by atoms with E-state index < -0.39 is 15.1 Å². The number of imidazole rings is 1. The quantitative estimate of drug-likeness (QED) is 0.731. The van der Waals surface area contributed by atoms with Crippen LogP contribution in [0.2, 0.25) is 0 Å². The van der Waals surface area contributed by atoms with Gasteiger partial charge in [0.15, 0.2) is 0 Å². The monoisotopic (exact) mass is 387 g/mol. The van der Waals surface area contributed by atoms with E-state index in [0.717, 1.165) is 31.1 Å². The molecule has 0 spiro atoms. The molecule has 6 heteroatoms. The first-order valence-corrected chi connectivity index (χ1v) is 11.6. The number of likely N-dealkylation sites (tertiary alicyclic amines) is 1. The zero-order valence-electron chi connectivity index (χ0n) is 16.2. The molecule has 5 nitrogen and oxygen atoms in total. The van der Waals surface area contributed by atoms with Crippen molar-refractivity contribution in [2.75, 3.05) is 6.54 Å². The molecule has 2 fully saturated rings. The molecule has 1 aliphatic heterocycles. The highest BCUT2D eigenvalue weighted by molar-refractivity contribution is 7.91. The highest BCUT2D eigenvalue weighted by atomic mass is 32.2. The molecule has 4 rings (SSSR count). The van der Waals surface area contributed by atoms with Gasteiger partial charge in [-0.2, -0.15) is 0 Å². The van der Waals surface area contributed by atoms with Gasteiger partial charge in [-0.3, -0.25) is 4.90 Å². The molecule has 1 aromatic carbocycles. The van der Waals surface area contributed by atoms with Gasteiger partial charge in [0.1, 0.15) is 0 Å². The number of piperidine rings is 1. The number of benzene rings is 1. The average Bonchev–Trinajstić information content (AvgIpc) is 3.37. The smallest absolute Gasteiger partial charge is 0.228 e. The number of aryl methyl sites for hydroxylation is 1. The molecule has 1 aliphatic carbocycles. The lowest BCUT2D eigenvalue weighted by Crippen LogP contribution is -2.32. The maximum atomic E-state index is 12.8. The summed E-state index contributed by atoms with van der Waals surface area (Å²) in [5.41, 5.74) is 2.24. The van der Waals surface area contributed by atoms with E-state index in [1.165, 1.54) is 24.8 Å². The van der Waals surface area contributed by atoms with Crippen LogP contribution in [0, 0.1) is 5.92 Å². The predicted molar refractivity (Wildman–Crippen MR) is 106 cm³/mol. The van der Waals surface area contributed by atoms with Crippen LogP contribution in [0.3, 0.4) is 0 Å². The van der Waals surface area contributed by atoms with Crippen molar-refractivity contribution in [3.05, 3.63) is 47.8 Å². The first kappa shape index (κ1) is 18.7. The fourth-order valence-electron chi connectivity index (χ4n) is 4.51. The van der Waals surface area contributed by atoms with E-state index in [0.29, 0.717) is 12.6 Å². The van der Waals surface area contributed by atoms with Crippen LogP contribution >= 0.6 is 0 Å². The van der Waals surface area contributed by atoms with Gasteiger partial charge in [0.25, 0.3) is 0 Å². The topological polar surface area (TPSA) is 55.2 Å². The normalized spacial score (nSPS) is 22.8. The second kappa shape index (κ2) is 7.40. The first-order valence-electron chi connectivity index (χ1n) is 10.0. The maximum Gasteiger partial charge on any atom is 0.228 e. The summed E-state index contributed by atoms with van der Waals surface area (Å²) >= 11 is 0. The molecule has 27 heavy (non-hydrogen) atoms. The van der Waals surface area contributed by atoms with Gasteiger partial charge in [0.05, 0.1) is 17.1 Å². The maximum absolute atomic E-state index is 12.8. The van der Waals surface area contributed by atoms with Gasteiger partial charge < -0.3 is 4.57 Å². The van der Waals surface area contributed by atoms with Crippen molar-refractivity contribution in [2.24, 2.45) is 5.92 Å². The Morgan fingerprint density at radius 2 is 1.96 bits per heavy atom. The third kappa shape index (κ3) is 3.69. The molecule has 1 saturated carbocycles. The number of fused-ring (bicyclic) bond motifs is 2. The lowest BCUT2D eigenvalue weighted by atomic mass is 10.1. The summed E-state index contributed by atoms with van der Waals surface area (Å²) in [6.07, 6.45) is 6.51. The predicted octanol–water partition coefficient (Wildman–Crippen LogP) is 3.29. The van der Waals surface area contributed by atoms with Gasteiger partial charge in [-0.25, -0.2) is 13.4 Å². The van der Waals surface area contributed by atoms with Crippen LogP contribution in [0.4, 0.5) is 0 Å². The Kier molecular flexibility index (Phi) is 5.12. The lowest BCUT2D eigenvalue weighted by molar-refractivity contribution is 0.200. The van der Waals surface area contributed by atoms with Crippen molar-refractivity contribution < 1.29 is 8.42 Å². The van der Waals surface area contributed by atoms with E-state index in [2.05, 4.69) is 22.0 Å². The fourth-order valence-corrected chi connectivity index (χ4v) is 5.65. The third-order valence-corrected chi connectivity index (χ3v) is 8.21. The van der Waals surface area contributed by atoms with E-state index in [1.807, 2.05) is 22.8 Å². The van der Waals surface area contributed by atoms with E-state index in [-0.39, 0.29) is 5.16 Å². The summed E-state index contributed by atoms with van der Waals surface area (Å²) in [5, 5.41) is -0.237. The van der Waals surface area contributed by atoms with Gasteiger partial charge in [-0.05, 0) is 51.0 Å². The molecule has 2 atom stereocenters. The highest BCUT2D eigenvalue weighted by Crippen LogP contribution is 2.38. The summed E-state index contributed by atoms with van der Waals surface area (Å²) in [6.45, 7) is 6.04. The highest BCUT2D eigenvalue weighted by Gasteiger charge is 2.38. The standard InChI is InChI=1S/C21H29N3O2S/c1-16(2)27(25,26)21-22-13-20(15-23-14-18-8-9-19(23)12-18)24(21)11-10-17-6-4-3-5-7-17/h3-7,13,16,18-19H,8-12,14-15H2,1-2H3/t18-,19-/m1/s1. The second-order valence-electron chi connectivity index (χ2n) is 8.28. The minimum Gasteiger partial charge on any atom is -0.317 e. The molecule has 0 N–H and O–H groups in total. The molecular weight excluding hydrogens is 358 g/mol. The van der Waals surface area contributed by atoms with E-state index in [4.69, 9.17) is 0 Å². The zero-order valence-corrected chi connectivity index (χ0v) is 17.0. The van der Waals surface area contributed by atoms with Crippen LogP contribution in [-0.2, 0) is 29.3 Å². The summed E-state index contributed by atoms with van der Waals surface area (Å²) < 4.78 is 27.6. The van der Waals surface area contributed by atoms with Crippen molar-refractivity contribution in [1.29, 1.82) is 0 Å². The Balaban J connectivity index is 1.61. The minimum absolute atomic E-state index is 0.229. The van der Waals surface area contributed by atoms with Crippen molar-refractivity contribution in [1.82, 2.24) is 14.5 Å². The molecule has 0 amide bonds. The molecule has 0 unspecified atom stereocenters. The molecule has 0 radical (unpaired) electrons. The summed E-state index contributed by atoms with van der Waals surface area (Å²) in [6, 6.07) is 10.9. The molecule has 2 aliphatic rings. The average molecular weight is 388 g/mol. The summed E-state index contributed by atoms with van der Waals surface area (Å²) in [5.74, 6) is 0.828. The Bertz CT molecular complexity index is 889. The van der Waals surface area contributed by atoms with Crippen LogP contribution in [-0.4, -0.2) is 40.7 Å². The first-order chi connectivity index (χ1) is 12.9. The Hall–Kier alpha value is -1.66. The molecule has 2 aromatic rings. The summed E-state index contributed by atoms with van der Waals surface area (Å²) in [4.78, 5) is 6.90. The number of rotatable bonds is 7. The number of nitrogens with zero attached hydrogens (tertiary/aromatic N) is 3. The van der Waals surface area contributed by atoms with Crippen LogP contribution in [0.1, 0.15) is 44.4 Å². The van der Waals surface area contributed by atoms with Crippen LogP contribution in [0.5, 0.6) is 0 Å². The van der Waals surface area contributed by atoms with E-state index in [1.54, 1.807) is 20.0 Å². The van der Waals surface area contributed by atoms with Crippen LogP contribution in [0.25, 0.3) is 0 Å². The van der Waals surface area contributed by atoms with Crippen molar-refractivity contribution in [2.45, 2.75) is 69.1 Å². The number of sulfone groups is 1. The minimum atomic E-state index is -3.40.